The molecule has 82 valence electrons. The highest BCUT2D eigenvalue weighted by molar-refractivity contribution is 6.68. The van der Waals surface area contributed by atoms with Crippen molar-refractivity contribution in [2.24, 2.45) is 0 Å². The lowest BCUT2D eigenvalue weighted by atomic mass is 9.28. The van der Waals surface area contributed by atoms with E-state index in [1.165, 1.54) is 38.5 Å². The van der Waals surface area contributed by atoms with Gasteiger partial charge in [0.2, 0.25) is 0 Å². The Bertz CT molecular complexity index is 179. The minimum Gasteiger partial charge on any atom is -0.518 e. The summed E-state index contributed by atoms with van der Waals surface area (Å²) in [4.78, 5) is 0. The summed E-state index contributed by atoms with van der Waals surface area (Å²) in [5, 5.41) is 11.3. The van der Waals surface area contributed by atoms with Gasteiger partial charge in [0.1, 0.15) is 6.79 Å². The molecule has 2 fully saturated rings. The SMILES string of the molecule is C[NH2+][B-]1(OCO)C2CCCC1CCC2. The molecule has 2 saturated heterocycles. The Labute approximate surface area is 86.2 Å². The summed E-state index contributed by atoms with van der Waals surface area (Å²) in [5.74, 6) is 1.44. The Balaban J connectivity index is 2.19. The molecule has 0 atom stereocenters. The summed E-state index contributed by atoms with van der Waals surface area (Å²) < 4.78 is 5.75. The lowest BCUT2D eigenvalue weighted by Crippen LogP contribution is -3.01. The zero-order valence-electron chi connectivity index (χ0n) is 9.11. The highest BCUT2D eigenvalue weighted by Gasteiger charge is 2.50. The first-order valence-corrected chi connectivity index (χ1v) is 6.05. The molecule has 2 heterocycles. The van der Waals surface area contributed by atoms with Crippen LogP contribution in [0.5, 0.6) is 0 Å². The average Bonchev–Trinajstić information content (AvgIpc) is 2.17. The molecule has 3 N–H and O–H groups in total. The molecule has 2 bridgehead atoms. The van der Waals surface area contributed by atoms with E-state index in [0.717, 1.165) is 11.6 Å². The average molecular weight is 199 g/mol. The van der Waals surface area contributed by atoms with Gasteiger partial charge in [-0.25, -0.2) is 0 Å². The maximum atomic E-state index is 9.04. The fraction of sp³-hybridized carbons (Fsp3) is 1.00. The van der Waals surface area contributed by atoms with Crippen LogP contribution < -0.4 is 5.23 Å². The molecule has 3 nitrogen and oxygen atoms in total. The minimum absolute atomic E-state index is 0.0999. The van der Waals surface area contributed by atoms with Crippen molar-refractivity contribution in [3.8, 4) is 0 Å². The molecule has 0 radical (unpaired) electrons. The van der Waals surface area contributed by atoms with E-state index in [2.05, 4.69) is 12.3 Å². The van der Waals surface area contributed by atoms with Crippen LogP contribution in [-0.2, 0) is 4.65 Å². The van der Waals surface area contributed by atoms with Gasteiger partial charge >= 0.3 is 6.48 Å². The van der Waals surface area contributed by atoms with Crippen molar-refractivity contribution in [2.45, 2.75) is 50.2 Å². The highest BCUT2D eigenvalue weighted by Crippen LogP contribution is 2.49. The summed E-state index contributed by atoms with van der Waals surface area (Å²) >= 11 is 0. The van der Waals surface area contributed by atoms with Crippen LogP contribution in [0, 0.1) is 0 Å². The van der Waals surface area contributed by atoms with E-state index in [-0.39, 0.29) is 6.79 Å². The van der Waals surface area contributed by atoms with E-state index in [9.17, 15) is 0 Å². The van der Waals surface area contributed by atoms with Crippen molar-refractivity contribution in [1.82, 2.24) is 0 Å². The van der Waals surface area contributed by atoms with Crippen molar-refractivity contribution in [1.29, 1.82) is 0 Å². The first kappa shape index (κ1) is 10.5. The van der Waals surface area contributed by atoms with Crippen molar-refractivity contribution < 1.29 is 15.0 Å². The number of fused-ring (bicyclic) bond motifs is 2. The number of aliphatic hydroxyl groups excluding tert-OH is 1. The third-order valence-electron chi connectivity index (χ3n) is 4.66. The lowest BCUT2D eigenvalue weighted by molar-refractivity contribution is -0.522. The second kappa shape index (κ2) is 4.21. The van der Waals surface area contributed by atoms with Gasteiger partial charge in [0, 0.05) is 7.05 Å². The molecular weight excluding hydrogens is 177 g/mol. The van der Waals surface area contributed by atoms with Crippen LogP contribution in [0.1, 0.15) is 38.5 Å². The molecule has 0 amide bonds. The van der Waals surface area contributed by atoms with Gasteiger partial charge in [-0.2, -0.15) is 0 Å². The Hall–Kier alpha value is -0.0551. The van der Waals surface area contributed by atoms with Gasteiger partial charge in [-0.1, -0.05) is 50.2 Å². The summed E-state index contributed by atoms with van der Waals surface area (Å²) in [7, 11) is 2.12. The van der Waals surface area contributed by atoms with Crippen LogP contribution in [0.2, 0.25) is 11.6 Å². The summed E-state index contributed by atoms with van der Waals surface area (Å²) in [6.07, 6.45) is 7.95. The number of nitrogens with two attached hydrogens (primary N) is 1. The predicted octanol–water partition coefficient (Wildman–Crippen LogP) is 0.696. The van der Waals surface area contributed by atoms with Crippen molar-refractivity contribution in [2.75, 3.05) is 13.8 Å². The quantitative estimate of drug-likeness (QED) is 0.519. The highest BCUT2D eigenvalue weighted by atomic mass is 16.6. The van der Waals surface area contributed by atoms with E-state index in [1.54, 1.807) is 0 Å². The fourth-order valence-corrected chi connectivity index (χ4v) is 4.04. The van der Waals surface area contributed by atoms with Crippen LogP contribution in [0.25, 0.3) is 0 Å². The molecule has 0 spiro atoms. The molecule has 4 heteroatoms. The fourth-order valence-electron chi connectivity index (χ4n) is 4.04. The van der Waals surface area contributed by atoms with Gasteiger partial charge in [-0.15, -0.1) is 0 Å². The van der Waals surface area contributed by atoms with Gasteiger partial charge in [-0.05, 0) is 0 Å². The smallest absolute Gasteiger partial charge is 0.339 e. The maximum absolute atomic E-state index is 9.04. The van der Waals surface area contributed by atoms with Crippen molar-refractivity contribution >= 4 is 6.48 Å². The Kier molecular flexibility index (Phi) is 3.15. The second-order valence-corrected chi connectivity index (χ2v) is 5.00. The number of rotatable bonds is 3. The molecule has 0 saturated carbocycles. The summed E-state index contributed by atoms with van der Waals surface area (Å²) in [6.45, 7) is -0.905. The molecule has 0 aliphatic carbocycles. The van der Waals surface area contributed by atoms with Gasteiger partial charge in [0.05, 0.1) is 0 Å². The molecule has 2 aliphatic heterocycles. The number of quaternary nitrogens is 1. The Morgan fingerprint density at radius 3 is 2.07 bits per heavy atom. The standard InChI is InChI=1S/C10H22BNO2/c1-12-11(14-8-13)9-4-2-5-10(11)7-3-6-9/h9-10,13H,2-8,12H2,1H3. The number of hydrogen-bond donors (Lipinski definition) is 2. The van der Waals surface area contributed by atoms with Gasteiger partial charge in [0.25, 0.3) is 0 Å². The molecular formula is C10H22BNO2. The third-order valence-corrected chi connectivity index (χ3v) is 4.66. The predicted molar refractivity (Wildman–Crippen MR) is 57.0 cm³/mol. The molecule has 0 aromatic rings. The molecule has 0 aromatic heterocycles. The van der Waals surface area contributed by atoms with E-state index in [1.807, 2.05) is 0 Å². The zero-order valence-corrected chi connectivity index (χ0v) is 9.11. The topological polar surface area (TPSA) is 46.1 Å². The number of hydrogen-bond acceptors (Lipinski definition) is 2. The molecule has 14 heavy (non-hydrogen) atoms. The van der Waals surface area contributed by atoms with E-state index in [0.29, 0.717) is 0 Å². The molecule has 2 rings (SSSR count). The van der Waals surface area contributed by atoms with Crippen LogP contribution in [0.3, 0.4) is 0 Å². The maximum Gasteiger partial charge on any atom is 0.339 e. The van der Waals surface area contributed by atoms with Crippen LogP contribution in [0.4, 0.5) is 0 Å². The van der Waals surface area contributed by atoms with E-state index in [4.69, 9.17) is 9.76 Å². The molecule has 0 unspecified atom stereocenters. The van der Waals surface area contributed by atoms with Crippen molar-refractivity contribution in [3.63, 3.8) is 0 Å². The number of aliphatic hydroxyl groups is 1. The molecule has 2 aliphatic rings. The van der Waals surface area contributed by atoms with Crippen LogP contribution in [-0.4, -0.2) is 25.4 Å². The minimum atomic E-state index is -0.806. The van der Waals surface area contributed by atoms with Crippen LogP contribution in [0.15, 0.2) is 0 Å². The summed E-state index contributed by atoms with van der Waals surface area (Å²) in [5.41, 5.74) is 0. The van der Waals surface area contributed by atoms with Gasteiger partial charge < -0.3 is 15.0 Å². The summed E-state index contributed by atoms with van der Waals surface area (Å²) in [6, 6.07) is 0. The lowest BCUT2D eigenvalue weighted by Gasteiger charge is -2.53. The second-order valence-electron chi connectivity index (χ2n) is 5.00. The van der Waals surface area contributed by atoms with E-state index >= 15 is 0 Å². The van der Waals surface area contributed by atoms with Gasteiger partial charge in [0.15, 0.2) is 0 Å². The molecule has 0 aromatic carbocycles. The third kappa shape index (κ3) is 1.49. The normalized spacial score (nSPS) is 42.4. The Morgan fingerprint density at radius 1 is 1.21 bits per heavy atom. The zero-order chi connectivity index (χ0) is 10.0. The first-order chi connectivity index (χ1) is 6.83. The monoisotopic (exact) mass is 199 g/mol. The first-order valence-electron chi connectivity index (χ1n) is 6.05. The largest absolute Gasteiger partial charge is 0.518 e. The van der Waals surface area contributed by atoms with Crippen LogP contribution >= 0.6 is 0 Å². The van der Waals surface area contributed by atoms with Gasteiger partial charge in [-0.3, -0.25) is 0 Å². The Morgan fingerprint density at radius 2 is 1.71 bits per heavy atom. The van der Waals surface area contributed by atoms with E-state index < -0.39 is 6.48 Å². The van der Waals surface area contributed by atoms with Crippen molar-refractivity contribution in [3.05, 3.63) is 0 Å².